The largest absolute Gasteiger partial charge is 0.573 e. The minimum absolute atomic E-state index is 0.228. The molecule has 0 N–H and O–H groups in total. The van der Waals surface area contributed by atoms with Crippen LogP contribution in [0.25, 0.3) is 55.6 Å². The third kappa shape index (κ3) is 27.1. The molecule has 15 aromatic rings. The van der Waals surface area contributed by atoms with Gasteiger partial charge in [-0.05, 0) is 265 Å². The number of aryl methyl sites for hydroxylation is 5. The van der Waals surface area contributed by atoms with Crippen LogP contribution in [-0.2, 0) is 0 Å². The summed E-state index contributed by atoms with van der Waals surface area (Å²) >= 11 is 10.3. The maximum atomic E-state index is 14.0. The van der Waals surface area contributed by atoms with E-state index in [0.29, 0.717) is 45.5 Å². The summed E-state index contributed by atoms with van der Waals surface area (Å²) in [6.45, 7) is 9.59. The molecule has 604 valence electrons. The minimum atomic E-state index is -4.72. The van der Waals surface area contributed by atoms with Gasteiger partial charge < -0.3 is 4.74 Å². The van der Waals surface area contributed by atoms with Crippen LogP contribution in [-0.4, -0.2) is 11.5 Å². The molecule has 0 atom stereocenters. The van der Waals surface area contributed by atoms with Crippen LogP contribution < -0.4 is 4.74 Å². The monoisotopic (exact) mass is 1680 g/mol. The van der Waals surface area contributed by atoms with Gasteiger partial charge in [-0.3, -0.25) is 0 Å². The summed E-state index contributed by atoms with van der Waals surface area (Å²) in [6, 6.07) is 91.9. The summed E-state index contributed by atoms with van der Waals surface area (Å²) in [6.07, 6.45) is -4.72. The number of rotatable bonds is 7. The Kier molecular flexibility index (Phi) is 30.9. The highest BCUT2D eigenvalue weighted by Crippen LogP contribution is 2.30. The summed E-state index contributed by atoms with van der Waals surface area (Å²) in [7, 11) is 0. The lowest BCUT2D eigenvalue weighted by Gasteiger charge is -2.08. The first kappa shape index (κ1) is 88.9. The van der Waals surface area contributed by atoms with Crippen molar-refractivity contribution in [2.75, 3.05) is 0 Å². The number of ether oxygens (including phenoxy) is 1. The number of hydrogen-bond donors (Lipinski definition) is 0. The fourth-order valence-electron chi connectivity index (χ4n) is 11.7. The van der Waals surface area contributed by atoms with Crippen molar-refractivity contribution in [1.29, 1.82) is 0 Å². The Bertz CT molecular complexity index is 6430. The van der Waals surface area contributed by atoms with Crippen LogP contribution in [0, 0.1) is 146 Å². The molecule has 0 spiro atoms. The van der Waals surface area contributed by atoms with Crippen LogP contribution in [0.4, 0.5) is 58.4 Å². The average Bonchev–Trinajstić information content (AvgIpc) is 0.848. The molecule has 0 aromatic heterocycles. The average molecular weight is 1680 g/mol. The summed E-state index contributed by atoms with van der Waals surface area (Å²) in [5.41, 5.74) is 19.1. The molecule has 0 saturated carbocycles. The van der Waals surface area contributed by atoms with Crippen molar-refractivity contribution in [3.8, 4) is 121 Å². The van der Waals surface area contributed by atoms with E-state index in [1.54, 1.807) is 66.7 Å². The van der Waals surface area contributed by atoms with Crippen molar-refractivity contribution >= 4 is 34.7 Å². The molecule has 0 bridgehead atoms. The van der Waals surface area contributed by atoms with Crippen LogP contribution >= 0.6 is 23.8 Å². The molecule has 0 saturated heterocycles. The van der Waals surface area contributed by atoms with Gasteiger partial charge in [0, 0.05) is 61.7 Å². The molecule has 0 amide bonds. The Morgan fingerprint density at radius 1 is 0.268 bits per heavy atom. The van der Waals surface area contributed by atoms with E-state index in [-0.39, 0.29) is 34.6 Å². The lowest BCUT2D eigenvalue weighted by atomic mass is 10.0. The van der Waals surface area contributed by atoms with Gasteiger partial charge in [-0.25, -0.2) is 39.5 Å². The van der Waals surface area contributed by atoms with Gasteiger partial charge in [-0.1, -0.05) is 240 Å². The van der Waals surface area contributed by atoms with Crippen molar-refractivity contribution in [3.05, 3.63) is 462 Å². The van der Waals surface area contributed by atoms with Crippen LogP contribution in [0.5, 0.6) is 5.75 Å². The minimum Gasteiger partial charge on any atom is -0.406 e. The van der Waals surface area contributed by atoms with Crippen molar-refractivity contribution in [2.45, 2.75) is 41.0 Å². The molecule has 16 heteroatoms. The number of aliphatic imine (C=N–C) groups is 1. The van der Waals surface area contributed by atoms with Gasteiger partial charge in [-0.15, -0.1) is 13.2 Å². The predicted octanol–water partition coefficient (Wildman–Crippen LogP) is 28.8. The number of halogens is 13. The van der Waals surface area contributed by atoms with Gasteiger partial charge in [0.15, 0.2) is 11.6 Å². The Morgan fingerprint density at radius 2 is 0.561 bits per heavy atom. The molecule has 15 aromatic carbocycles. The molecule has 0 radical (unpaired) electrons. The highest BCUT2D eigenvalue weighted by Gasteiger charge is 2.31. The second-order valence-corrected chi connectivity index (χ2v) is 28.3. The molecule has 0 aliphatic carbocycles. The number of alkyl halides is 3. The van der Waals surface area contributed by atoms with Gasteiger partial charge in [-0.2, -0.15) is 4.99 Å². The van der Waals surface area contributed by atoms with E-state index < -0.39 is 46.7 Å². The highest BCUT2D eigenvalue weighted by molar-refractivity contribution is 7.78. The third-order valence-electron chi connectivity index (χ3n) is 18.2. The first-order valence-corrected chi connectivity index (χ1v) is 38.5. The number of hydrogen-bond acceptors (Lipinski definition) is 3. The van der Waals surface area contributed by atoms with Gasteiger partial charge >= 0.3 is 6.36 Å². The zero-order chi connectivity index (χ0) is 87.5. The van der Waals surface area contributed by atoms with Crippen molar-refractivity contribution < 1.29 is 57.4 Å². The van der Waals surface area contributed by atoms with E-state index in [4.69, 9.17) is 11.6 Å². The topological polar surface area (TPSA) is 21.6 Å². The maximum Gasteiger partial charge on any atom is 0.573 e. The Morgan fingerprint density at radius 3 is 0.911 bits per heavy atom. The third-order valence-corrected chi connectivity index (χ3v) is 18.6. The summed E-state index contributed by atoms with van der Waals surface area (Å²) in [5, 5.41) is 2.68. The van der Waals surface area contributed by atoms with E-state index in [1.165, 1.54) is 65.7 Å². The highest BCUT2D eigenvalue weighted by atomic mass is 35.5. The van der Waals surface area contributed by atoms with Gasteiger partial charge in [0.1, 0.15) is 52.2 Å². The fourth-order valence-corrected chi connectivity index (χ4v) is 11.9. The zero-order valence-electron chi connectivity index (χ0n) is 66.3. The molecule has 0 unspecified atom stereocenters. The van der Waals surface area contributed by atoms with Crippen LogP contribution in [0.15, 0.2) is 327 Å². The van der Waals surface area contributed by atoms with Gasteiger partial charge in [0.25, 0.3) is 0 Å². The van der Waals surface area contributed by atoms with E-state index in [9.17, 15) is 52.7 Å². The second kappa shape index (κ2) is 42.7. The molecular weight excluding hydrogens is 1610 g/mol. The van der Waals surface area contributed by atoms with Crippen molar-refractivity contribution in [1.82, 2.24) is 0 Å². The van der Waals surface area contributed by atoms with E-state index in [2.05, 4.69) is 105 Å². The number of nitrogens with zero attached hydrogens (tertiary/aromatic N) is 1. The van der Waals surface area contributed by atoms with Crippen molar-refractivity contribution in [3.63, 3.8) is 0 Å². The lowest BCUT2D eigenvalue weighted by Crippen LogP contribution is -2.16. The molecule has 0 aliphatic heterocycles. The fraction of sp³-hybridized carbons (Fsp3) is 0.0561. The van der Waals surface area contributed by atoms with Crippen LogP contribution in [0.3, 0.4) is 0 Å². The molecule has 123 heavy (non-hydrogen) atoms. The Labute approximate surface area is 716 Å². The Hall–Kier alpha value is -14.9. The second-order valence-electron chi connectivity index (χ2n) is 27.6. The molecule has 2 nitrogen and oxygen atoms in total. The first-order chi connectivity index (χ1) is 59.1. The van der Waals surface area contributed by atoms with E-state index >= 15 is 0 Å². The van der Waals surface area contributed by atoms with Crippen LogP contribution in [0.2, 0.25) is 5.02 Å². The zero-order valence-corrected chi connectivity index (χ0v) is 67.8. The van der Waals surface area contributed by atoms with Gasteiger partial charge in [0.2, 0.25) is 0 Å². The van der Waals surface area contributed by atoms with Crippen LogP contribution in [0.1, 0.15) is 83.5 Å². The number of benzene rings is 15. The SMILES string of the molecule is Cc1ccc(-c2ccc(C#Cc3c(F)cc(F)cc3F)cc2)cc1.Cc1ccc(-c2ccc(C#Cc3cc(F)c(N=C=S)c(F)c3)cc2)cc1.Cc1ccc(-c2ccc(C#Cc3ccc(OC(F)(F)F)cc3)cc2)c(F)c1.Cc1ccc(C#Cc2ccc(-c3ccc(Cl)cc3)cc2)c(F)c1.Cc1ccc(C#Cc2ccc(-c3ccc(F)cc3)cc2)c(F)c1. The molecule has 0 fully saturated rings. The maximum absolute atomic E-state index is 14.0. The summed E-state index contributed by atoms with van der Waals surface area (Å²) in [5.74, 6) is 22.2. The Balaban J connectivity index is 0.000000150. The van der Waals surface area contributed by atoms with E-state index in [1.807, 2.05) is 191 Å². The number of isothiocyanates is 1. The first-order valence-electron chi connectivity index (χ1n) is 37.8. The molecule has 0 aliphatic rings. The standard InChI is InChI=1S/C22H14F4O.C22H13F2NS.C21H14ClF.C21H13F3.C21H14F2/c1-15-2-13-20(21(23)14-15)18-9-5-16(6-10-18)3-4-17-7-11-19(12-8-17)27-22(24,25)26;1-15-2-8-18(9-3-15)19-10-6-16(7-11-19)4-5-17-12-20(23)22(25-14-26)21(24)13-17;1-15-2-6-19(21(23)14-15)9-5-16-3-7-17(8-4-16)18-10-12-20(22)13-11-18;1-14-2-7-16(8-3-14)17-9-4-15(5-10-17)6-11-19-20(23)12-18(22)13-21(19)24;1-15-2-6-19(21(23)14-15)9-5-16-3-7-17(8-4-16)18-10-12-20(22)13-11-18/h2,5-14H,1H3;2-3,6-13H,1H3;2-4,6-8,10-14H,1H3;2-5,7-10,12-13H,1H3;2-4,6-8,10-14H,1H3. The van der Waals surface area contributed by atoms with Gasteiger partial charge in [0.05, 0.1) is 21.9 Å². The van der Waals surface area contributed by atoms with E-state index in [0.717, 1.165) is 101 Å². The molecule has 15 rings (SSSR count). The quantitative estimate of drug-likeness (QED) is 0.0686. The molecular formula is C107H68ClF12NOS. The lowest BCUT2D eigenvalue weighted by molar-refractivity contribution is -0.274. The normalized spacial score (nSPS) is 10.2. The number of thiocarbonyl (C=S) groups is 1. The molecule has 0 heterocycles. The predicted molar refractivity (Wildman–Crippen MR) is 471 cm³/mol. The van der Waals surface area contributed by atoms with Crippen molar-refractivity contribution in [2.24, 2.45) is 4.99 Å². The summed E-state index contributed by atoms with van der Waals surface area (Å²) < 4.78 is 162. The summed E-state index contributed by atoms with van der Waals surface area (Å²) in [4.78, 5) is 3.38. The smallest absolute Gasteiger partial charge is 0.406 e.